The lowest BCUT2D eigenvalue weighted by molar-refractivity contribution is -0.130. The molecule has 2 aromatic carbocycles. The van der Waals surface area contributed by atoms with Crippen molar-refractivity contribution >= 4 is 17.8 Å². The molecule has 1 aliphatic rings. The Balaban J connectivity index is 1.79. The molecule has 108 valence electrons. The molecule has 2 nitrogen and oxygen atoms in total. The first-order valence-corrected chi connectivity index (χ1v) is 7.17. The van der Waals surface area contributed by atoms with E-state index in [2.05, 4.69) is 0 Å². The highest BCUT2D eigenvalue weighted by Crippen LogP contribution is 2.26. The number of carbonyl (C=O) groups is 1. The van der Waals surface area contributed by atoms with E-state index in [9.17, 15) is 4.79 Å². The predicted octanol–water partition coefficient (Wildman–Crippen LogP) is 4.53. The van der Waals surface area contributed by atoms with E-state index in [0.717, 1.165) is 11.1 Å². The van der Waals surface area contributed by atoms with E-state index >= 15 is 0 Å². The molecule has 0 fully saturated rings. The van der Waals surface area contributed by atoms with Gasteiger partial charge in [-0.25, -0.2) is 4.79 Å². The monoisotopic (exact) mass is 288 g/mol. The van der Waals surface area contributed by atoms with Crippen LogP contribution >= 0.6 is 0 Å². The Bertz CT molecular complexity index is 763. The van der Waals surface area contributed by atoms with E-state index in [4.69, 9.17) is 4.74 Å². The molecule has 0 aliphatic carbocycles. The Morgan fingerprint density at radius 1 is 0.955 bits per heavy atom. The van der Waals surface area contributed by atoms with Gasteiger partial charge in [0.05, 0.1) is 5.57 Å². The highest BCUT2D eigenvalue weighted by Gasteiger charge is 2.21. The van der Waals surface area contributed by atoms with Gasteiger partial charge in [-0.15, -0.1) is 0 Å². The van der Waals surface area contributed by atoms with Gasteiger partial charge in [0.2, 0.25) is 0 Å². The molecular weight excluding hydrogens is 272 g/mol. The summed E-state index contributed by atoms with van der Waals surface area (Å²) in [5.74, 6) is 0.289. The van der Waals surface area contributed by atoms with Gasteiger partial charge < -0.3 is 4.74 Å². The first kappa shape index (κ1) is 14.1. The van der Waals surface area contributed by atoms with Crippen LogP contribution in [-0.4, -0.2) is 5.97 Å². The topological polar surface area (TPSA) is 26.3 Å². The van der Waals surface area contributed by atoms with Gasteiger partial charge in [0.1, 0.15) is 5.76 Å². The SMILES string of the molecule is Cc1ccc(C2=C/C(=C\C=C\c3ccccc3)C(=O)O2)cc1. The molecule has 0 amide bonds. The number of cyclic esters (lactones) is 1. The molecule has 22 heavy (non-hydrogen) atoms. The third kappa shape index (κ3) is 3.23. The second kappa shape index (κ2) is 6.27. The highest BCUT2D eigenvalue weighted by atomic mass is 16.5. The van der Waals surface area contributed by atoms with Crippen LogP contribution in [0.25, 0.3) is 11.8 Å². The third-order valence-electron chi connectivity index (χ3n) is 3.43. The second-order valence-electron chi connectivity index (χ2n) is 5.16. The van der Waals surface area contributed by atoms with Gasteiger partial charge in [0.15, 0.2) is 0 Å². The van der Waals surface area contributed by atoms with Gasteiger partial charge in [-0.1, -0.05) is 72.3 Å². The molecule has 0 bridgehead atoms. The number of aryl methyl sites for hydroxylation is 1. The minimum Gasteiger partial charge on any atom is -0.422 e. The summed E-state index contributed by atoms with van der Waals surface area (Å²) in [5, 5.41) is 0. The van der Waals surface area contributed by atoms with Crippen LogP contribution in [0.15, 0.2) is 78.4 Å². The zero-order valence-electron chi connectivity index (χ0n) is 12.3. The van der Waals surface area contributed by atoms with E-state index < -0.39 is 0 Å². The molecule has 0 saturated carbocycles. The lowest BCUT2D eigenvalue weighted by atomic mass is 10.1. The fourth-order valence-electron chi connectivity index (χ4n) is 2.19. The summed E-state index contributed by atoms with van der Waals surface area (Å²) in [5.41, 5.74) is 3.74. The van der Waals surface area contributed by atoms with Crippen LogP contribution in [0.2, 0.25) is 0 Å². The maximum Gasteiger partial charge on any atom is 0.343 e. The van der Waals surface area contributed by atoms with Crippen LogP contribution in [0.5, 0.6) is 0 Å². The number of ether oxygens (including phenoxy) is 1. The molecule has 3 rings (SSSR count). The smallest absolute Gasteiger partial charge is 0.343 e. The van der Waals surface area contributed by atoms with Crippen molar-refractivity contribution in [3.63, 3.8) is 0 Å². The van der Waals surface area contributed by atoms with Crippen molar-refractivity contribution in [2.24, 2.45) is 0 Å². The summed E-state index contributed by atoms with van der Waals surface area (Å²) in [6.07, 6.45) is 7.37. The van der Waals surface area contributed by atoms with E-state index in [-0.39, 0.29) is 5.97 Å². The number of rotatable bonds is 3. The molecule has 2 aromatic rings. The Hall–Kier alpha value is -2.87. The fraction of sp³-hybridized carbons (Fsp3) is 0.0500. The summed E-state index contributed by atoms with van der Waals surface area (Å²) >= 11 is 0. The van der Waals surface area contributed by atoms with Crippen LogP contribution in [0, 0.1) is 6.92 Å². The van der Waals surface area contributed by atoms with Crippen LogP contribution in [-0.2, 0) is 9.53 Å². The normalized spacial score (nSPS) is 16.1. The number of benzene rings is 2. The zero-order chi connectivity index (χ0) is 15.4. The summed E-state index contributed by atoms with van der Waals surface area (Å²) in [6.45, 7) is 2.03. The van der Waals surface area contributed by atoms with Crippen molar-refractivity contribution in [2.75, 3.05) is 0 Å². The van der Waals surface area contributed by atoms with Crippen LogP contribution in [0.4, 0.5) is 0 Å². The largest absolute Gasteiger partial charge is 0.422 e. The average molecular weight is 288 g/mol. The predicted molar refractivity (Wildman–Crippen MR) is 88.8 cm³/mol. The minimum atomic E-state index is -0.312. The number of hydrogen-bond acceptors (Lipinski definition) is 2. The zero-order valence-corrected chi connectivity index (χ0v) is 12.3. The van der Waals surface area contributed by atoms with E-state index in [1.165, 1.54) is 5.56 Å². The molecule has 0 atom stereocenters. The Morgan fingerprint density at radius 2 is 1.68 bits per heavy atom. The summed E-state index contributed by atoms with van der Waals surface area (Å²) in [7, 11) is 0. The number of hydrogen-bond donors (Lipinski definition) is 0. The van der Waals surface area contributed by atoms with Gasteiger partial charge in [-0.05, 0) is 24.6 Å². The van der Waals surface area contributed by atoms with Crippen molar-refractivity contribution in [1.29, 1.82) is 0 Å². The van der Waals surface area contributed by atoms with Gasteiger partial charge in [-0.2, -0.15) is 0 Å². The van der Waals surface area contributed by atoms with Crippen molar-refractivity contribution in [3.05, 3.63) is 95.1 Å². The molecule has 2 heteroatoms. The lowest BCUT2D eigenvalue weighted by Gasteiger charge is -2.01. The average Bonchev–Trinajstić information content (AvgIpc) is 2.90. The summed E-state index contributed by atoms with van der Waals surface area (Å²) in [6, 6.07) is 17.9. The Labute approximate surface area is 130 Å². The number of carbonyl (C=O) groups excluding carboxylic acids is 1. The molecular formula is C20H16O2. The molecule has 0 spiro atoms. The molecule has 1 heterocycles. The van der Waals surface area contributed by atoms with Crippen molar-refractivity contribution < 1.29 is 9.53 Å². The number of esters is 1. The Morgan fingerprint density at radius 3 is 2.41 bits per heavy atom. The van der Waals surface area contributed by atoms with Crippen molar-refractivity contribution in [1.82, 2.24) is 0 Å². The van der Waals surface area contributed by atoms with Gasteiger partial charge in [0, 0.05) is 5.56 Å². The maximum absolute atomic E-state index is 11.9. The van der Waals surface area contributed by atoms with Gasteiger partial charge in [0.25, 0.3) is 0 Å². The summed E-state index contributed by atoms with van der Waals surface area (Å²) < 4.78 is 5.32. The minimum absolute atomic E-state index is 0.312. The van der Waals surface area contributed by atoms with Crippen molar-refractivity contribution in [2.45, 2.75) is 6.92 Å². The second-order valence-corrected chi connectivity index (χ2v) is 5.16. The van der Waals surface area contributed by atoms with Crippen molar-refractivity contribution in [3.8, 4) is 0 Å². The molecule has 0 saturated heterocycles. The van der Waals surface area contributed by atoms with E-state index in [0.29, 0.717) is 11.3 Å². The van der Waals surface area contributed by atoms with Gasteiger partial charge in [-0.3, -0.25) is 0 Å². The van der Waals surface area contributed by atoms with Gasteiger partial charge >= 0.3 is 5.97 Å². The molecule has 0 N–H and O–H groups in total. The molecule has 0 unspecified atom stereocenters. The first-order valence-electron chi connectivity index (χ1n) is 7.17. The third-order valence-corrected chi connectivity index (χ3v) is 3.43. The molecule has 0 aromatic heterocycles. The lowest BCUT2D eigenvalue weighted by Crippen LogP contribution is -1.96. The standard InChI is InChI=1S/C20H16O2/c1-15-10-12-17(13-11-15)19-14-18(20(21)22-19)9-5-8-16-6-3-2-4-7-16/h2-14H,1H3/b8-5+,18-9+. The highest BCUT2D eigenvalue weighted by molar-refractivity contribution is 6.01. The molecule has 1 aliphatic heterocycles. The van der Waals surface area contributed by atoms with Crippen LogP contribution in [0.3, 0.4) is 0 Å². The van der Waals surface area contributed by atoms with E-state index in [1.54, 1.807) is 12.2 Å². The maximum atomic E-state index is 11.9. The summed E-state index contributed by atoms with van der Waals surface area (Å²) in [4.78, 5) is 11.9. The quantitative estimate of drug-likeness (QED) is 0.612. The van der Waals surface area contributed by atoms with E-state index in [1.807, 2.05) is 73.7 Å². The molecule has 0 radical (unpaired) electrons. The fourth-order valence-corrected chi connectivity index (χ4v) is 2.19. The van der Waals surface area contributed by atoms with Crippen LogP contribution in [0.1, 0.15) is 16.7 Å². The number of allylic oxidation sites excluding steroid dienone is 2. The Kier molecular flexibility index (Phi) is 4.01. The van der Waals surface area contributed by atoms with Crippen LogP contribution < -0.4 is 0 Å². The first-order chi connectivity index (χ1) is 10.7.